The predicted octanol–water partition coefficient (Wildman–Crippen LogP) is 1.45. The number of aromatic nitrogens is 3. The molecular formula is C13H15N5O2. The molecule has 1 saturated heterocycles. The molecule has 3 rings (SSSR count). The van der Waals surface area contributed by atoms with Gasteiger partial charge in [0.05, 0.1) is 11.6 Å². The summed E-state index contributed by atoms with van der Waals surface area (Å²) in [7, 11) is 0. The molecule has 1 atom stereocenters. The van der Waals surface area contributed by atoms with Crippen LogP contribution in [0.1, 0.15) is 40.8 Å². The third-order valence-corrected chi connectivity index (χ3v) is 3.27. The number of pyridine rings is 1. The number of amides is 1. The Morgan fingerprint density at radius 3 is 3.15 bits per heavy atom. The van der Waals surface area contributed by atoms with Gasteiger partial charge in [0.1, 0.15) is 0 Å². The summed E-state index contributed by atoms with van der Waals surface area (Å²) >= 11 is 0. The van der Waals surface area contributed by atoms with Gasteiger partial charge < -0.3 is 9.73 Å². The van der Waals surface area contributed by atoms with Crippen LogP contribution in [-0.4, -0.2) is 27.6 Å². The predicted molar refractivity (Wildman–Crippen MR) is 71.2 cm³/mol. The summed E-state index contributed by atoms with van der Waals surface area (Å²) in [5.74, 6) is 0.214. The average Bonchev–Trinajstić information content (AvgIpc) is 3.09. The van der Waals surface area contributed by atoms with E-state index in [1.807, 2.05) is 0 Å². The zero-order valence-electron chi connectivity index (χ0n) is 11.1. The molecule has 2 aromatic rings. The molecule has 1 unspecified atom stereocenters. The highest BCUT2D eigenvalue weighted by molar-refractivity contribution is 6.03. The van der Waals surface area contributed by atoms with Crippen LogP contribution in [0.5, 0.6) is 0 Å². The fourth-order valence-corrected chi connectivity index (χ4v) is 2.21. The van der Waals surface area contributed by atoms with Crippen molar-refractivity contribution in [1.82, 2.24) is 20.5 Å². The molecule has 1 amide bonds. The second-order valence-corrected chi connectivity index (χ2v) is 4.68. The first-order valence-electron chi connectivity index (χ1n) is 6.54. The second-order valence-electron chi connectivity index (χ2n) is 4.68. The van der Waals surface area contributed by atoms with E-state index < -0.39 is 0 Å². The summed E-state index contributed by atoms with van der Waals surface area (Å²) in [5.41, 5.74) is 1.15. The van der Waals surface area contributed by atoms with Gasteiger partial charge in [-0.25, -0.2) is 0 Å². The maximum atomic E-state index is 12.1. The van der Waals surface area contributed by atoms with Crippen molar-refractivity contribution in [2.75, 3.05) is 11.9 Å². The molecule has 2 N–H and O–H groups in total. The Morgan fingerprint density at radius 1 is 1.50 bits per heavy atom. The summed E-state index contributed by atoms with van der Waals surface area (Å²) in [6.07, 6.45) is 3.70. The minimum absolute atomic E-state index is 0.0910. The van der Waals surface area contributed by atoms with Gasteiger partial charge in [-0.15, -0.1) is 5.10 Å². The van der Waals surface area contributed by atoms with Gasteiger partial charge >= 0.3 is 6.01 Å². The van der Waals surface area contributed by atoms with E-state index in [2.05, 4.69) is 25.8 Å². The molecule has 0 spiro atoms. The zero-order valence-corrected chi connectivity index (χ0v) is 11.1. The topological polar surface area (TPSA) is 92.9 Å². The SMILES string of the molecule is Cc1ncccc1C(=O)Nc1nnc(C2CCCN2)o1. The summed E-state index contributed by atoms with van der Waals surface area (Å²) in [6.45, 7) is 2.72. The first-order valence-corrected chi connectivity index (χ1v) is 6.54. The van der Waals surface area contributed by atoms with Crippen LogP contribution >= 0.6 is 0 Å². The van der Waals surface area contributed by atoms with Gasteiger partial charge in [-0.3, -0.25) is 15.1 Å². The molecule has 20 heavy (non-hydrogen) atoms. The Labute approximate surface area is 115 Å². The second kappa shape index (κ2) is 5.38. The van der Waals surface area contributed by atoms with E-state index in [0.717, 1.165) is 19.4 Å². The molecule has 3 heterocycles. The molecule has 0 aliphatic carbocycles. The highest BCUT2D eigenvalue weighted by Crippen LogP contribution is 2.23. The normalized spacial score (nSPS) is 18.1. The summed E-state index contributed by atoms with van der Waals surface area (Å²) in [5, 5.41) is 13.7. The van der Waals surface area contributed by atoms with Crippen LogP contribution in [0.2, 0.25) is 0 Å². The number of anilines is 1. The molecule has 7 heteroatoms. The van der Waals surface area contributed by atoms with Crippen molar-refractivity contribution < 1.29 is 9.21 Å². The molecule has 1 aliphatic rings. The van der Waals surface area contributed by atoms with Crippen LogP contribution in [0.4, 0.5) is 6.01 Å². The molecule has 1 fully saturated rings. The smallest absolute Gasteiger partial charge is 0.322 e. The molecule has 7 nitrogen and oxygen atoms in total. The lowest BCUT2D eigenvalue weighted by Gasteiger charge is -2.04. The maximum absolute atomic E-state index is 12.1. The first-order chi connectivity index (χ1) is 9.74. The van der Waals surface area contributed by atoms with Crippen molar-refractivity contribution in [2.24, 2.45) is 0 Å². The number of hydrogen-bond donors (Lipinski definition) is 2. The minimum Gasteiger partial charge on any atom is -0.406 e. The molecule has 104 valence electrons. The van der Waals surface area contributed by atoms with E-state index in [-0.39, 0.29) is 18.0 Å². The lowest BCUT2D eigenvalue weighted by molar-refractivity contribution is 0.102. The van der Waals surface area contributed by atoms with Crippen molar-refractivity contribution in [1.29, 1.82) is 0 Å². The van der Waals surface area contributed by atoms with Crippen LogP contribution in [0, 0.1) is 6.92 Å². The van der Waals surface area contributed by atoms with Crippen molar-refractivity contribution in [3.05, 3.63) is 35.5 Å². The van der Waals surface area contributed by atoms with Gasteiger partial charge in [-0.1, -0.05) is 5.10 Å². The lowest BCUT2D eigenvalue weighted by Crippen LogP contribution is -2.14. The number of carbonyl (C=O) groups is 1. The molecule has 1 aliphatic heterocycles. The fraction of sp³-hybridized carbons (Fsp3) is 0.385. The van der Waals surface area contributed by atoms with E-state index >= 15 is 0 Å². The van der Waals surface area contributed by atoms with E-state index in [1.165, 1.54) is 0 Å². The Bertz CT molecular complexity index is 619. The highest BCUT2D eigenvalue weighted by atomic mass is 16.4. The van der Waals surface area contributed by atoms with Gasteiger partial charge in [0, 0.05) is 11.9 Å². The number of nitrogens with zero attached hydrogens (tertiary/aromatic N) is 3. The highest BCUT2D eigenvalue weighted by Gasteiger charge is 2.22. The number of aryl methyl sites for hydroxylation is 1. The molecular weight excluding hydrogens is 258 g/mol. The summed E-state index contributed by atoms with van der Waals surface area (Å²) in [4.78, 5) is 16.1. The van der Waals surface area contributed by atoms with Gasteiger partial charge in [-0.2, -0.15) is 0 Å². The van der Waals surface area contributed by atoms with Crippen LogP contribution < -0.4 is 10.6 Å². The Hall–Kier alpha value is -2.28. The van der Waals surface area contributed by atoms with Crippen molar-refractivity contribution in [3.63, 3.8) is 0 Å². The zero-order chi connectivity index (χ0) is 13.9. The fourth-order valence-electron chi connectivity index (χ4n) is 2.21. The van der Waals surface area contributed by atoms with Crippen molar-refractivity contribution >= 4 is 11.9 Å². The summed E-state index contributed by atoms with van der Waals surface area (Å²) < 4.78 is 5.46. The van der Waals surface area contributed by atoms with Gasteiger partial charge in [-0.05, 0) is 38.4 Å². The third-order valence-electron chi connectivity index (χ3n) is 3.27. The lowest BCUT2D eigenvalue weighted by atomic mass is 10.2. The van der Waals surface area contributed by atoms with Gasteiger partial charge in [0.25, 0.3) is 5.91 Å². The molecule has 0 bridgehead atoms. The van der Waals surface area contributed by atoms with Gasteiger partial charge in [0.2, 0.25) is 5.89 Å². The average molecular weight is 273 g/mol. The largest absolute Gasteiger partial charge is 0.406 e. The van der Waals surface area contributed by atoms with E-state index in [9.17, 15) is 4.79 Å². The van der Waals surface area contributed by atoms with Crippen LogP contribution in [0.15, 0.2) is 22.7 Å². The Kier molecular flexibility index (Phi) is 3.42. The quantitative estimate of drug-likeness (QED) is 0.879. The van der Waals surface area contributed by atoms with Crippen molar-refractivity contribution in [3.8, 4) is 0 Å². The monoisotopic (exact) mass is 273 g/mol. The van der Waals surface area contributed by atoms with Crippen LogP contribution in [0.3, 0.4) is 0 Å². The minimum atomic E-state index is -0.301. The number of carbonyl (C=O) groups excluding carboxylic acids is 1. The third kappa shape index (κ3) is 2.53. The van der Waals surface area contributed by atoms with Crippen LogP contribution in [-0.2, 0) is 0 Å². The molecule has 0 aromatic carbocycles. The first kappa shape index (κ1) is 12.7. The molecule has 0 radical (unpaired) electrons. The maximum Gasteiger partial charge on any atom is 0.322 e. The Balaban J connectivity index is 1.72. The standard InChI is InChI=1S/C13H15N5O2/c1-8-9(4-2-6-14-8)11(19)16-13-18-17-12(20-13)10-5-3-7-15-10/h2,4,6,10,15H,3,5,7H2,1H3,(H,16,18,19). The Morgan fingerprint density at radius 2 is 2.40 bits per heavy atom. The van der Waals surface area contributed by atoms with Crippen LogP contribution in [0.25, 0.3) is 0 Å². The van der Waals surface area contributed by atoms with E-state index in [4.69, 9.17) is 4.42 Å². The number of rotatable bonds is 3. The van der Waals surface area contributed by atoms with Crippen molar-refractivity contribution in [2.45, 2.75) is 25.8 Å². The van der Waals surface area contributed by atoms with E-state index in [0.29, 0.717) is 17.1 Å². The number of nitrogens with one attached hydrogen (secondary N) is 2. The molecule has 2 aromatic heterocycles. The van der Waals surface area contributed by atoms with Gasteiger partial charge in [0.15, 0.2) is 0 Å². The summed E-state index contributed by atoms with van der Waals surface area (Å²) in [6, 6.07) is 3.62. The van der Waals surface area contributed by atoms with E-state index in [1.54, 1.807) is 25.3 Å². The molecule has 0 saturated carbocycles. The number of hydrogen-bond acceptors (Lipinski definition) is 6.